The normalized spacial score (nSPS) is 21.0. The summed E-state index contributed by atoms with van der Waals surface area (Å²) in [6.07, 6.45) is 39.0. The van der Waals surface area contributed by atoms with Crippen LogP contribution in [0, 0.1) is 11.8 Å². The SMILES string of the molecule is CCCCCC1CCC(c2ccc(CCCCCCCC(=O)CCCCCCCc3ccc(C4CCC(CCCCC)CC4)cc3)cc2)CC1. The number of ketones is 1. The average Bonchev–Trinajstić information content (AvgIpc) is 3.15. The molecule has 2 aromatic rings. The van der Waals surface area contributed by atoms with E-state index in [-0.39, 0.29) is 0 Å². The first-order valence-electron chi connectivity index (χ1n) is 22.3. The Hall–Kier alpha value is -1.89. The van der Waals surface area contributed by atoms with E-state index in [2.05, 4.69) is 62.4 Å². The molecule has 0 radical (unpaired) electrons. The number of rotatable bonds is 26. The van der Waals surface area contributed by atoms with Crippen molar-refractivity contribution in [2.45, 2.75) is 218 Å². The van der Waals surface area contributed by atoms with Crippen LogP contribution in [-0.2, 0) is 17.6 Å². The van der Waals surface area contributed by atoms with Crippen LogP contribution in [0.2, 0.25) is 0 Å². The van der Waals surface area contributed by atoms with E-state index in [4.69, 9.17) is 0 Å². The Morgan fingerprint density at radius 2 is 0.800 bits per heavy atom. The van der Waals surface area contributed by atoms with Gasteiger partial charge in [-0.1, -0.05) is 152 Å². The van der Waals surface area contributed by atoms with E-state index in [1.165, 1.54) is 178 Å². The van der Waals surface area contributed by atoms with Crippen molar-refractivity contribution in [3.05, 3.63) is 70.8 Å². The van der Waals surface area contributed by atoms with Gasteiger partial charge >= 0.3 is 0 Å². The second-order valence-corrected chi connectivity index (χ2v) is 17.0. The van der Waals surface area contributed by atoms with Gasteiger partial charge in [-0.2, -0.15) is 0 Å². The number of benzene rings is 2. The van der Waals surface area contributed by atoms with Crippen molar-refractivity contribution >= 4 is 5.78 Å². The average molecular weight is 683 g/mol. The summed E-state index contributed by atoms with van der Waals surface area (Å²) in [7, 11) is 0. The molecule has 0 amide bonds. The van der Waals surface area contributed by atoms with E-state index in [9.17, 15) is 4.79 Å². The number of hydrogen-bond acceptors (Lipinski definition) is 1. The zero-order valence-corrected chi connectivity index (χ0v) is 33.0. The van der Waals surface area contributed by atoms with Gasteiger partial charge in [0.1, 0.15) is 5.78 Å². The van der Waals surface area contributed by atoms with E-state index in [1.807, 2.05) is 0 Å². The van der Waals surface area contributed by atoms with Gasteiger partial charge < -0.3 is 0 Å². The molecule has 4 rings (SSSR count). The Morgan fingerprint density at radius 3 is 1.18 bits per heavy atom. The Labute approximate surface area is 310 Å². The van der Waals surface area contributed by atoms with Gasteiger partial charge in [-0.05, 0) is 136 Å². The summed E-state index contributed by atoms with van der Waals surface area (Å²) >= 11 is 0. The number of Topliss-reactive ketones (excluding diaryl/α,β-unsaturated/α-hetero) is 1. The van der Waals surface area contributed by atoms with Gasteiger partial charge in [-0.15, -0.1) is 0 Å². The lowest BCUT2D eigenvalue weighted by Gasteiger charge is -2.29. The third-order valence-corrected chi connectivity index (χ3v) is 12.9. The summed E-state index contributed by atoms with van der Waals surface area (Å²) in [4.78, 5) is 12.4. The van der Waals surface area contributed by atoms with Crippen molar-refractivity contribution in [1.82, 2.24) is 0 Å². The molecular formula is C49H78O. The third-order valence-electron chi connectivity index (χ3n) is 12.9. The largest absolute Gasteiger partial charge is 0.300 e. The monoisotopic (exact) mass is 683 g/mol. The first-order valence-corrected chi connectivity index (χ1v) is 22.3. The molecule has 280 valence electrons. The highest BCUT2D eigenvalue weighted by molar-refractivity contribution is 5.78. The summed E-state index contributed by atoms with van der Waals surface area (Å²) in [6.45, 7) is 4.63. The lowest BCUT2D eigenvalue weighted by atomic mass is 9.77. The molecule has 0 N–H and O–H groups in total. The van der Waals surface area contributed by atoms with Gasteiger partial charge in [0.25, 0.3) is 0 Å². The molecule has 0 spiro atoms. The molecule has 1 heteroatoms. The lowest BCUT2D eigenvalue weighted by molar-refractivity contribution is -0.119. The first kappa shape index (κ1) is 40.9. The highest BCUT2D eigenvalue weighted by atomic mass is 16.1. The minimum absolute atomic E-state index is 0.500. The Balaban J connectivity index is 0.924. The standard InChI is InChI=1S/C49H78O/c1-3-5-13-19-41-25-33-45(34-26-41)47-37-29-43(30-38-47)21-15-9-7-11-17-23-49(50)24-18-12-8-10-16-22-44-31-39-48(40-32-44)46-35-27-42(28-36-46)20-14-6-4-2/h29-32,37-42,45-46H,3-28,33-36H2,1-2H3. The fourth-order valence-corrected chi connectivity index (χ4v) is 9.34. The summed E-state index contributed by atoms with van der Waals surface area (Å²) in [5.74, 6) is 4.09. The minimum Gasteiger partial charge on any atom is -0.300 e. The van der Waals surface area contributed by atoms with Gasteiger partial charge in [0.05, 0.1) is 0 Å². The summed E-state index contributed by atoms with van der Waals surface area (Å²) in [5.41, 5.74) is 6.18. The molecule has 0 unspecified atom stereocenters. The summed E-state index contributed by atoms with van der Waals surface area (Å²) in [6, 6.07) is 19.3. The molecule has 2 aromatic carbocycles. The molecule has 0 aliphatic heterocycles. The Kier molecular flexibility index (Phi) is 20.6. The van der Waals surface area contributed by atoms with E-state index < -0.39 is 0 Å². The quantitative estimate of drug-likeness (QED) is 0.0903. The van der Waals surface area contributed by atoms with Crippen LogP contribution in [0.3, 0.4) is 0 Å². The summed E-state index contributed by atoms with van der Waals surface area (Å²) in [5, 5.41) is 0. The number of hydrogen-bond donors (Lipinski definition) is 0. The Morgan fingerprint density at radius 1 is 0.440 bits per heavy atom. The van der Waals surface area contributed by atoms with Crippen LogP contribution in [0.5, 0.6) is 0 Å². The second-order valence-electron chi connectivity index (χ2n) is 17.0. The zero-order chi connectivity index (χ0) is 35.1. The lowest BCUT2D eigenvalue weighted by Crippen LogP contribution is -2.13. The van der Waals surface area contributed by atoms with Crippen LogP contribution >= 0.6 is 0 Å². The van der Waals surface area contributed by atoms with E-state index >= 15 is 0 Å². The molecule has 2 saturated carbocycles. The molecule has 2 aliphatic rings. The number of aryl methyl sites for hydroxylation is 2. The molecule has 2 aliphatic carbocycles. The zero-order valence-electron chi connectivity index (χ0n) is 33.0. The number of unbranched alkanes of at least 4 members (excludes halogenated alkanes) is 12. The van der Waals surface area contributed by atoms with Crippen molar-refractivity contribution in [3.63, 3.8) is 0 Å². The molecular weight excluding hydrogens is 605 g/mol. The van der Waals surface area contributed by atoms with E-state index in [1.54, 1.807) is 11.1 Å². The maximum absolute atomic E-state index is 12.4. The van der Waals surface area contributed by atoms with Crippen LogP contribution in [0.25, 0.3) is 0 Å². The molecule has 2 fully saturated rings. The predicted molar refractivity (Wildman–Crippen MR) is 218 cm³/mol. The van der Waals surface area contributed by atoms with E-state index in [0.717, 1.165) is 49.4 Å². The van der Waals surface area contributed by atoms with Crippen molar-refractivity contribution in [2.24, 2.45) is 11.8 Å². The fraction of sp³-hybridized carbons (Fsp3) is 0.735. The summed E-state index contributed by atoms with van der Waals surface area (Å²) < 4.78 is 0. The van der Waals surface area contributed by atoms with Crippen LogP contribution in [0.1, 0.15) is 228 Å². The van der Waals surface area contributed by atoms with Gasteiger partial charge in [-0.25, -0.2) is 0 Å². The van der Waals surface area contributed by atoms with Gasteiger partial charge in [0.15, 0.2) is 0 Å². The maximum Gasteiger partial charge on any atom is 0.132 e. The highest BCUT2D eigenvalue weighted by Crippen LogP contribution is 2.39. The number of carbonyl (C=O) groups excluding carboxylic acids is 1. The van der Waals surface area contributed by atoms with Gasteiger partial charge in [-0.3, -0.25) is 4.79 Å². The molecule has 50 heavy (non-hydrogen) atoms. The van der Waals surface area contributed by atoms with Crippen LogP contribution in [-0.4, -0.2) is 5.78 Å². The molecule has 0 heterocycles. The van der Waals surface area contributed by atoms with Gasteiger partial charge in [0, 0.05) is 12.8 Å². The number of carbonyl (C=O) groups is 1. The predicted octanol–water partition coefficient (Wildman–Crippen LogP) is 15.4. The molecule has 1 nitrogen and oxygen atoms in total. The Bertz CT molecular complexity index is 1020. The van der Waals surface area contributed by atoms with Crippen molar-refractivity contribution in [2.75, 3.05) is 0 Å². The van der Waals surface area contributed by atoms with Gasteiger partial charge in [0.2, 0.25) is 0 Å². The molecule has 0 saturated heterocycles. The minimum atomic E-state index is 0.500. The molecule has 0 atom stereocenters. The van der Waals surface area contributed by atoms with Crippen LogP contribution in [0.15, 0.2) is 48.5 Å². The van der Waals surface area contributed by atoms with E-state index in [0.29, 0.717) is 5.78 Å². The smallest absolute Gasteiger partial charge is 0.132 e. The molecule has 0 bridgehead atoms. The molecule has 0 aromatic heterocycles. The maximum atomic E-state index is 12.4. The fourth-order valence-electron chi connectivity index (χ4n) is 9.34. The van der Waals surface area contributed by atoms with Crippen LogP contribution < -0.4 is 0 Å². The van der Waals surface area contributed by atoms with Crippen molar-refractivity contribution in [3.8, 4) is 0 Å². The van der Waals surface area contributed by atoms with Crippen LogP contribution in [0.4, 0.5) is 0 Å². The third kappa shape index (κ3) is 16.2. The topological polar surface area (TPSA) is 17.1 Å². The highest BCUT2D eigenvalue weighted by Gasteiger charge is 2.23. The van der Waals surface area contributed by atoms with Crippen molar-refractivity contribution in [1.29, 1.82) is 0 Å². The first-order chi connectivity index (χ1) is 24.6. The van der Waals surface area contributed by atoms with Crippen molar-refractivity contribution < 1.29 is 4.79 Å². The second kappa shape index (κ2) is 25.1.